The van der Waals surface area contributed by atoms with Gasteiger partial charge in [-0.2, -0.15) is 0 Å². The van der Waals surface area contributed by atoms with Gasteiger partial charge >= 0.3 is 5.97 Å². The Morgan fingerprint density at radius 3 is 2.56 bits per heavy atom. The van der Waals surface area contributed by atoms with Gasteiger partial charge in [-0.25, -0.2) is 8.42 Å². The Kier molecular flexibility index (Phi) is 7.55. The number of hydrogen-bond acceptors (Lipinski definition) is 6. The molecule has 1 aromatic rings. The van der Waals surface area contributed by atoms with Crippen LogP contribution < -0.4 is 10.6 Å². The molecule has 0 saturated heterocycles. The molecule has 1 heterocycles. The van der Waals surface area contributed by atoms with Crippen molar-refractivity contribution >= 4 is 27.8 Å². The lowest BCUT2D eigenvalue weighted by atomic mass is 9.84. The van der Waals surface area contributed by atoms with Crippen molar-refractivity contribution < 1.29 is 27.5 Å². The molecular weight excluding hydrogens is 434 g/mol. The highest BCUT2D eigenvalue weighted by Gasteiger charge is 2.38. The van der Waals surface area contributed by atoms with Gasteiger partial charge in [0.2, 0.25) is 11.8 Å². The number of carbonyl (C=O) groups is 3. The van der Waals surface area contributed by atoms with Gasteiger partial charge in [-0.15, -0.1) is 0 Å². The number of ether oxygens (including phenoxy) is 1. The number of amides is 2. The van der Waals surface area contributed by atoms with Gasteiger partial charge in [0, 0.05) is 18.4 Å². The Hall–Kier alpha value is -2.88. The zero-order chi connectivity index (χ0) is 23.3. The molecule has 3 rings (SSSR count). The predicted octanol–water partition coefficient (Wildman–Crippen LogP) is 1.58. The summed E-state index contributed by atoms with van der Waals surface area (Å²) in [6, 6.07) is 4.62. The third-order valence-electron chi connectivity index (χ3n) is 5.73. The van der Waals surface area contributed by atoms with Crippen molar-refractivity contribution in [2.75, 3.05) is 6.61 Å². The van der Waals surface area contributed by atoms with Gasteiger partial charge in [-0.3, -0.25) is 18.7 Å². The van der Waals surface area contributed by atoms with Gasteiger partial charge in [0.15, 0.2) is 0 Å². The Morgan fingerprint density at radius 1 is 1.19 bits per heavy atom. The van der Waals surface area contributed by atoms with Crippen molar-refractivity contribution in [3.05, 3.63) is 42.2 Å². The molecule has 1 saturated carbocycles. The van der Waals surface area contributed by atoms with E-state index in [1.54, 1.807) is 19.1 Å². The van der Waals surface area contributed by atoms with E-state index in [-0.39, 0.29) is 23.9 Å². The van der Waals surface area contributed by atoms with Crippen LogP contribution in [0.1, 0.15) is 44.6 Å². The van der Waals surface area contributed by atoms with Crippen LogP contribution in [0, 0.1) is 12.8 Å². The maximum atomic E-state index is 13.1. The number of hydrogen-bond donors (Lipinski definition) is 2. The quantitative estimate of drug-likeness (QED) is 0.592. The third kappa shape index (κ3) is 5.29. The van der Waals surface area contributed by atoms with E-state index in [9.17, 15) is 22.8 Å². The van der Waals surface area contributed by atoms with E-state index in [1.807, 2.05) is 6.92 Å². The minimum absolute atomic E-state index is 0.0301. The highest BCUT2D eigenvalue weighted by molar-refractivity contribution is 7.89. The largest absolute Gasteiger partial charge is 0.466 e. The topological polar surface area (TPSA) is 122 Å². The van der Waals surface area contributed by atoms with E-state index in [0.29, 0.717) is 12.8 Å². The highest BCUT2D eigenvalue weighted by Crippen LogP contribution is 2.27. The van der Waals surface area contributed by atoms with E-state index in [1.165, 1.54) is 24.5 Å². The molecule has 1 aliphatic carbocycles. The third-order valence-corrected chi connectivity index (χ3v) is 7.53. The molecule has 0 bridgehead atoms. The number of aryl methyl sites for hydroxylation is 1. The van der Waals surface area contributed by atoms with Gasteiger partial charge < -0.3 is 15.4 Å². The van der Waals surface area contributed by atoms with Crippen LogP contribution in [0.3, 0.4) is 0 Å². The zero-order valence-corrected chi connectivity index (χ0v) is 19.1. The molecule has 2 aliphatic rings. The smallest absolute Gasteiger partial charge is 0.311 e. The second kappa shape index (κ2) is 10.2. The summed E-state index contributed by atoms with van der Waals surface area (Å²) in [4.78, 5) is 37.6. The molecule has 32 heavy (non-hydrogen) atoms. The second-order valence-electron chi connectivity index (χ2n) is 8.01. The van der Waals surface area contributed by atoms with Gasteiger partial charge in [-0.05, 0) is 38.8 Å². The molecule has 0 spiro atoms. The first-order valence-corrected chi connectivity index (χ1v) is 12.2. The fourth-order valence-corrected chi connectivity index (χ4v) is 5.50. The molecule has 9 nitrogen and oxygen atoms in total. The van der Waals surface area contributed by atoms with E-state index in [0.717, 1.165) is 22.7 Å². The van der Waals surface area contributed by atoms with Crippen molar-refractivity contribution in [3.63, 3.8) is 0 Å². The summed E-state index contributed by atoms with van der Waals surface area (Å²) in [5, 5.41) is 5.30. The number of nitrogens with zero attached hydrogens (tertiary/aromatic N) is 1. The lowest BCUT2D eigenvalue weighted by Crippen LogP contribution is -2.52. The Labute approximate surface area is 188 Å². The highest BCUT2D eigenvalue weighted by atomic mass is 32.2. The van der Waals surface area contributed by atoms with Crippen LogP contribution in [0.5, 0.6) is 0 Å². The molecule has 0 unspecified atom stereocenters. The molecule has 2 amide bonds. The normalized spacial score (nSPS) is 23.4. The standard InChI is InChI=1S/C22H29N3O6S/c1-3-31-22(28)17-6-4-5-7-18(17)24-20(26)14-19-21(27)23-12-13-25(19)32(29,30)16-10-8-15(2)9-11-16/h8-13,17-19H,3-7,14H2,1-2H3,(H,23,27)(H,24,26)/t17-,18-,19-/m1/s1. The van der Waals surface area contributed by atoms with E-state index >= 15 is 0 Å². The van der Waals surface area contributed by atoms with Crippen LogP contribution in [-0.2, 0) is 29.1 Å². The molecular formula is C22H29N3O6S. The maximum absolute atomic E-state index is 13.1. The molecule has 3 atom stereocenters. The lowest BCUT2D eigenvalue weighted by molar-refractivity contribution is -0.150. The molecule has 0 radical (unpaired) electrons. The monoisotopic (exact) mass is 463 g/mol. The fourth-order valence-electron chi connectivity index (χ4n) is 4.05. The summed E-state index contributed by atoms with van der Waals surface area (Å²) in [6.45, 7) is 3.83. The summed E-state index contributed by atoms with van der Waals surface area (Å²) < 4.78 is 32.3. The molecule has 1 fully saturated rings. The van der Waals surface area contributed by atoms with Crippen LogP contribution in [-0.4, -0.2) is 49.2 Å². The van der Waals surface area contributed by atoms with Gasteiger partial charge in [-0.1, -0.05) is 30.5 Å². The SMILES string of the molecule is CCOC(=O)[C@@H]1CCCC[C@H]1NC(=O)C[C@@H]1C(=O)NC=CN1S(=O)(=O)c1ccc(C)cc1. The first kappa shape index (κ1) is 23.8. The van der Waals surface area contributed by atoms with Gasteiger partial charge in [0.25, 0.3) is 10.0 Å². The minimum Gasteiger partial charge on any atom is -0.466 e. The van der Waals surface area contributed by atoms with Crippen molar-refractivity contribution in [1.29, 1.82) is 0 Å². The number of nitrogens with one attached hydrogen (secondary N) is 2. The summed E-state index contributed by atoms with van der Waals surface area (Å²) in [5.41, 5.74) is 0.899. The maximum Gasteiger partial charge on any atom is 0.311 e. The summed E-state index contributed by atoms with van der Waals surface area (Å²) in [7, 11) is -4.04. The Balaban J connectivity index is 1.75. The molecule has 174 valence electrons. The number of carbonyl (C=O) groups excluding carboxylic acids is 3. The number of rotatable bonds is 7. The summed E-state index contributed by atoms with van der Waals surface area (Å²) in [6.07, 6.45) is 5.09. The number of benzene rings is 1. The van der Waals surface area contributed by atoms with Crippen molar-refractivity contribution in [2.24, 2.45) is 5.92 Å². The van der Waals surface area contributed by atoms with E-state index in [4.69, 9.17) is 4.74 Å². The van der Waals surface area contributed by atoms with Crippen LogP contribution in [0.4, 0.5) is 0 Å². The molecule has 10 heteroatoms. The summed E-state index contributed by atoms with van der Waals surface area (Å²) in [5.74, 6) is -1.88. The van der Waals surface area contributed by atoms with Crippen LogP contribution in [0.2, 0.25) is 0 Å². The van der Waals surface area contributed by atoms with Crippen molar-refractivity contribution in [2.45, 2.75) is 62.9 Å². The second-order valence-corrected chi connectivity index (χ2v) is 9.85. The molecule has 1 aliphatic heterocycles. The molecule has 2 N–H and O–H groups in total. The van der Waals surface area contributed by atoms with Crippen LogP contribution >= 0.6 is 0 Å². The van der Waals surface area contributed by atoms with Crippen molar-refractivity contribution in [3.8, 4) is 0 Å². The van der Waals surface area contributed by atoms with Crippen LogP contribution in [0.25, 0.3) is 0 Å². The molecule has 0 aromatic heterocycles. The van der Waals surface area contributed by atoms with Gasteiger partial charge in [0.1, 0.15) is 6.04 Å². The number of sulfonamides is 1. The van der Waals surface area contributed by atoms with E-state index in [2.05, 4.69) is 10.6 Å². The molecule has 1 aromatic carbocycles. The average Bonchev–Trinajstić information content (AvgIpc) is 2.76. The lowest BCUT2D eigenvalue weighted by Gasteiger charge is -2.33. The Morgan fingerprint density at radius 2 is 1.88 bits per heavy atom. The predicted molar refractivity (Wildman–Crippen MR) is 116 cm³/mol. The number of esters is 1. The fraction of sp³-hybridized carbons (Fsp3) is 0.500. The minimum atomic E-state index is -4.04. The average molecular weight is 464 g/mol. The van der Waals surface area contributed by atoms with Crippen LogP contribution in [0.15, 0.2) is 41.6 Å². The zero-order valence-electron chi connectivity index (χ0n) is 18.2. The first-order valence-electron chi connectivity index (χ1n) is 10.8. The van der Waals surface area contributed by atoms with Crippen molar-refractivity contribution in [1.82, 2.24) is 14.9 Å². The Bertz CT molecular complexity index is 989. The summed E-state index contributed by atoms with van der Waals surface area (Å²) >= 11 is 0. The van der Waals surface area contributed by atoms with Gasteiger partial charge in [0.05, 0.1) is 23.8 Å². The first-order chi connectivity index (χ1) is 15.2. The van der Waals surface area contributed by atoms with E-state index < -0.39 is 39.8 Å².